The van der Waals surface area contributed by atoms with E-state index in [1.807, 2.05) is 11.9 Å². The van der Waals surface area contributed by atoms with Gasteiger partial charge in [0.25, 0.3) is 0 Å². The summed E-state index contributed by atoms with van der Waals surface area (Å²) < 4.78 is 0. The summed E-state index contributed by atoms with van der Waals surface area (Å²) in [4.78, 5) is 16.1. The molecule has 17 heavy (non-hydrogen) atoms. The Balaban J connectivity index is 0.00000144. The molecule has 100 valence electrons. The first kappa shape index (κ1) is 14.7. The highest BCUT2D eigenvalue weighted by Crippen LogP contribution is 2.25. The Hall–Kier alpha value is -0.320. The van der Waals surface area contributed by atoms with Gasteiger partial charge in [-0.25, -0.2) is 0 Å². The minimum atomic E-state index is 0. The Bertz CT molecular complexity index is 270. The number of likely N-dealkylation sites (N-methyl/N-ethyl adjacent to an activating group) is 1. The lowest BCUT2D eigenvalue weighted by atomic mass is 9.95. The van der Waals surface area contributed by atoms with Crippen LogP contribution in [0.5, 0.6) is 0 Å². The van der Waals surface area contributed by atoms with Crippen molar-refractivity contribution in [3.63, 3.8) is 0 Å². The fourth-order valence-corrected chi connectivity index (χ4v) is 2.36. The molecule has 1 heterocycles. The summed E-state index contributed by atoms with van der Waals surface area (Å²) in [5.41, 5.74) is 5.97. The molecule has 1 saturated carbocycles. The molecule has 0 aromatic heterocycles. The van der Waals surface area contributed by atoms with Gasteiger partial charge in [0.05, 0.1) is 6.54 Å². The molecule has 2 aliphatic rings. The second kappa shape index (κ2) is 6.03. The van der Waals surface area contributed by atoms with Crippen LogP contribution in [0.3, 0.4) is 0 Å². The SMILES string of the molecule is CC1CN(CC(=O)N(C)C2CC2)CCC1N.Cl. The van der Waals surface area contributed by atoms with Crippen molar-refractivity contribution in [1.82, 2.24) is 9.80 Å². The molecule has 5 heteroatoms. The van der Waals surface area contributed by atoms with Crippen molar-refractivity contribution < 1.29 is 4.79 Å². The van der Waals surface area contributed by atoms with E-state index in [-0.39, 0.29) is 18.3 Å². The Labute approximate surface area is 110 Å². The first-order valence-electron chi connectivity index (χ1n) is 6.31. The zero-order chi connectivity index (χ0) is 11.7. The third-order valence-corrected chi connectivity index (χ3v) is 3.90. The number of nitrogens with zero attached hydrogens (tertiary/aromatic N) is 2. The van der Waals surface area contributed by atoms with E-state index in [9.17, 15) is 4.79 Å². The van der Waals surface area contributed by atoms with Crippen molar-refractivity contribution in [3.05, 3.63) is 0 Å². The molecule has 0 aromatic rings. The van der Waals surface area contributed by atoms with E-state index in [2.05, 4.69) is 11.8 Å². The van der Waals surface area contributed by atoms with Crippen molar-refractivity contribution in [2.75, 3.05) is 26.7 Å². The molecule has 2 unspecified atom stereocenters. The molecule has 2 N–H and O–H groups in total. The number of likely N-dealkylation sites (tertiary alicyclic amines) is 1. The van der Waals surface area contributed by atoms with Crippen molar-refractivity contribution in [2.24, 2.45) is 11.7 Å². The standard InChI is InChI=1S/C12H23N3O.ClH/c1-9-7-15(6-5-11(9)13)8-12(16)14(2)10-3-4-10;/h9-11H,3-8,13H2,1-2H3;1H. The normalized spacial score (nSPS) is 29.6. The number of hydrogen-bond acceptors (Lipinski definition) is 3. The second-order valence-corrected chi connectivity index (χ2v) is 5.40. The van der Waals surface area contributed by atoms with Crippen LogP contribution in [-0.2, 0) is 4.79 Å². The topological polar surface area (TPSA) is 49.6 Å². The molecule has 1 aliphatic heterocycles. The second-order valence-electron chi connectivity index (χ2n) is 5.40. The Morgan fingerprint density at radius 1 is 1.41 bits per heavy atom. The maximum atomic E-state index is 11.9. The molecule has 2 fully saturated rings. The summed E-state index contributed by atoms with van der Waals surface area (Å²) in [5.74, 6) is 0.776. The lowest BCUT2D eigenvalue weighted by Gasteiger charge is -2.35. The van der Waals surface area contributed by atoms with E-state index >= 15 is 0 Å². The number of halogens is 1. The third-order valence-electron chi connectivity index (χ3n) is 3.90. The molecule has 2 rings (SSSR count). The van der Waals surface area contributed by atoms with Gasteiger partial charge in [0.15, 0.2) is 0 Å². The molecular formula is C12H24ClN3O. The molecule has 0 radical (unpaired) electrons. The van der Waals surface area contributed by atoms with Crippen LogP contribution >= 0.6 is 12.4 Å². The highest BCUT2D eigenvalue weighted by molar-refractivity contribution is 5.85. The summed E-state index contributed by atoms with van der Waals surface area (Å²) in [7, 11) is 1.93. The van der Waals surface area contributed by atoms with Gasteiger partial charge in [0.2, 0.25) is 5.91 Å². The zero-order valence-electron chi connectivity index (χ0n) is 10.8. The Morgan fingerprint density at radius 3 is 2.59 bits per heavy atom. The van der Waals surface area contributed by atoms with Crippen LogP contribution in [0, 0.1) is 5.92 Å². The van der Waals surface area contributed by atoms with E-state index in [1.54, 1.807) is 0 Å². The number of rotatable bonds is 3. The van der Waals surface area contributed by atoms with Gasteiger partial charge in [-0.05, 0) is 25.2 Å². The lowest BCUT2D eigenvalue weighted by Crippen LogP contribution is -2.49. The summed E-state index contributed by atoms with van der Waals surface area (Å²) in [6, 6.07) is 0.837. The first-order valence-corrected chi connectivity index (χ1v) is 6.31. The highest BCUT2D eigenvalue weighted by atomic mass is 35.5. The average Bonchev–Trinajstić information content (AvgIpc) is 3.06. The Kier molecular flexibility index (Phi) is 5.22. The largest absolute Gasteiger partial charge is 0.342 e. The van der Waals surface area contributed by atoms with Gasteiger partial charge in [-0.2, -0.15) is 0 Å². The molecule has 1 amide bonds. The van der Waals surface area contributed by atoms with Crippen LogP contribution < -0.4 is 5.73 Å². The number of nitrogens with two attached hydrogens (primary N) is 1. The number of piperidine rings is 1. The van der Waals surface area contributed by atoms with Crippen LogP contribution in [0.15, 0.2) is 0 Å². The maximum Gasteiger partial charge on any atom is 0.236 e. The smallest absolute Gasteiger partial charge is 0.236 e. The van der Waals surface area contributed by atoms with Gasteiger partial charge >= 0.3 is 0 Å². The summed E-state index contributed by atoms with van der Waals surface area (Å²) in [5, 5.41) is 0. The number of carbonyl (C=O) groups is 1. The van der Waals surface area contributed by atoms with Crippen LogP contribution in [-0.4, -0.2) is 54.5 Å². The molecule has 1 saturated heterocycles. The van der Waals surface area contributed by atoms with E-state index in [0.717, 1.165) is 19.5 Å². The van der Waals surface area contributed by atoms with Gasteiger partial charge in [0.1, 0.15) is 0 Å². The number of hydrogen-bond donors (Lipinski definition) is 1. The fraction of sp³-hybridized carbons (Fsp3) is 0.917. The lowest BCUT2D eigenvalue weighted by molar-refractivity contribution is -0.132. The summed E-state index contributed by atoms with van der Waals surface area (Å²) >= 11 is 0. The quantitative estimate of drug-likeness (QED) is 0.814. The predicted molar refractivity (Wildman–Crippen MR) is 71.2 cm³/mol. The van der Waals surface area contributed by atoms with Gasteiger partial charge in [-0.3, -0.25) is 9.69 Å². The molecule has 2 atom stereocenters. The van der Waals surface area contributed by atoms with E-state index < -0.39 is 0 Å². The van der Waals surface area contributed by atoms with Gasteiger partial charge < -0.3 is 10.6 Å². The van der Waals surface area contributed by atoms with Crippen molar-refractivity contribution in [3.8, 4) is 0 Å². The predicted octanol–water partition coefficient (Wildman–Crippen LogP) is 0.698. The minimum absolute atomic E-state index is 0. The van der Waals surface area contributed by atoms with Crippen LogP contribution in [0.1, 0.15) is 26.2 Å². The van der Waals surface area contributed by atoms with Crippen molar-refractivity contribution >= 4 is 18.3 Å². The van der Waals surface area contributed by atoms with Crippen LogP contribution in [0.4, 0.5) is 0 Å². The molecule has 0 spiro atoms. The van der Waals surface area contributed by atoms with Crippen LogP contribution in [0.25, 0.3) is 0 Å². The molecule has 0 aromatic carbocycles. The third kappa shape index (κ3) is 3.83. The molecule has 4 nitrogen and oxygen atoms in total. The Morgan fingerprint density at radius 2 is 2.06 bits per heavy atom. The van der Waals surface area contributed by atoms with E-state index in [4.69, 9.17) is 5.73 Å². The van der Waals surface area contributed by atoms with Crippen molar-refractivity contribution in [2.45, 2.75) is 38.3 Å². The zero-order valence-corrected chi connectivity index (χ0v) is 11.6. The molecule has 0 bridgehead atoms. The minimum Gasteiger partial charge on any atom is -0.342 e. The first-order chi connectivity index (χ1) is 7.58. The van der Waals surface area contributed by atoms with E-state index in [1.165, 1.54) is 12.8 Å². The molecular weight excluding hydrogens is 238 g/mol. The van der Waals surface area contributed by atoms with Gasteiger partial charge in [-0.1, -0.05) is 6.92 Å². The summed E-state index contributed by atoms with van der Waals surface area (Å²) in [6.45, 7) is 4.68. The fourth-order valence-electron chi connectivity index (χ4n) is 2.36. The number of carbonyl (C=O) groups excluding carboxylic acids is 1. The van der Waals surface area contributed by atoms with Crippen LogP contribution in [0.2, 0.25) is 0 Å². The maximum absolute atomic E-state index is 11.9. The van der Waals surface area contributed by atoms with E-state index in [0.29, 0.717) is 24.5 Å². The molecule has 1 aliphatic carbocycles. The monoisotopic (exact) mass is 261 g/mol. The highest BCUT2D eigenvalue weighted by Gasteiger charge is 2.31. The van der Waals surface area contributed by atoms with Gasteiger partial charge in [0, 0.05) is 32.2 Å². The summed E-state index contributed by atoms with van der Waals surface area (Å²) in [6.07, 6.45) is 3.38. The van der Waals surface area contributed by atoms with Gasteiger partial charge in [-0.15, -0.1) is 12.4 Å². The van der Waals surface area contributed by atoms with Crippen molar-refractivity contribution in [1.29, 1.82) is 0 Å². The number of amides is 1. The average molecular weight is 262 g/mol.